The molecule has 21 heavy (non-hydrogen) atoms. The van der Waals surface area contributed by atoms with Crippen molar-refractivity contribution < 1.29 is 9.53 Å². The van der Waals surface area contributed by atoms with E-state index < -0.39 is 0 Å². The maximum Gasteiger partial charge on any atom is 0.242 e. The Kier molecular flexibility index (Phi) is 4.25. The highest BCUT2D eigenvalue weighted by Gasteiger charge is 2.29. The number of amides is 1. The van der Waals surface area contributed by atoms with Crippen molar-refractivity contribution in [3.63, 3.8) is 0 Å². The van der Waals surface area contributed by atoms with Crippen molar-refractivity contribution in [3.8, 4) is 0 Å². The molecule has 0 unspecified atom stereocenters. The molecule has 110 valence electrons. The molecule has 1 aliphatic rings. The normalized spacial score (nSPS) is 21.3. The fourth-order valence-corrected chi connectivity index (χ4v) is 2.57. The van der Waals surface area contributed by atoms with Crippen LogP contribution in [0.15, 0.2) is 43.0 Å². The Bertz CT molecular complexity index is 571. The number of nitrogens with zero attached hydrogens (tertiary/aromatic N) is 3. The van der Waals surface area contributed by atoms with E-state index in [1.165, 1.54) is 5.56 Å². The van der Waals surface area contributed by atoms with Gasteiger partial charge in [0.1, 0.15) is 6.54 Å². The molecule has 0 spiro atoms. The summed E-state index contributed by atoms with van der Waals surface area (Å²) in [7, 11) is 0. The molecule has 1 saturated heterocycles. The van der Waals surface area contributed by atoms with Gasteiger partial charge in [-0.3, -0.25) is 14.5 Å². The van der Waals surface area contributed by atoms with E-state index in [4.69, 9.17) is 4.74 Å². The molecule has 0 bridgehead atoms. The Labute approximate surface area is 123 Å². The van der Waals surface area contributed by atoms with Crippen LogP contribution in [0.2, 0.25) is 0 Å². The number of ether oxygens (including phenoxy) is 1. The van der Waals surface area contributed by atoms with Gasteiger partial charge in [-0.05, 0) is 30.2 Å². The molecule has 3 rings (SSSR count). The van der Waals surface area contributed by atoms with Crippen molar-refractivity contribution in [1.29, 1.82) is 0 Å². The number of hydrogen-bond donors (Lipinski definition) is 1. The molecule has 1 fully saturated rings. The number of pyridine rings is 1. The summed E-state index contributed by atoms with van der Waals surface area (Å²) < 4.78 is 7.14. The fraction of sp³-hybridized carbons (Fsp3) is 0.400. The molecule has 3 heterocycles. The zero-order valence-electron chi connectivity index (χ0n) is 11.7. The summed E-state index contributed by atoms with van der Waals surface area (Å²) in [4.78, 5) is 16.0. The van der Waals surface area contributed by atoms with Gasteiger partial charge in [-0.2, -0.15) is 5.10 Å². The first kappa shape index (κ1) is 13.8. The highest BCUT2D eigenvalue weighted by molar-refractivity contribution is 5.76. The molecular formula is C15H18N4O2. The van der Waals surface area contributed by atoms with Gasteiger partial charge in [0.15, 0.2) is 0 Å². The summed E-state index contributed by atoms with van der Waals surface area (Å²) in [5.41, 5.74) is 1.21. The van der Waals surface area contributed by atoms with Crippen LogP contribution in [0, 0.1) is 5.92 Å². The van der Waals surface area contributed by atoms with E-state index in [9.17, 15) is 4.79 Å². The van der Waals surface area contributed by atoms with Crippen molar-refractivity contribution in [2.24, 2.45) is 5.92 Å². The van der Waals surface area contributed by atoms with E-state index in [0.717, 1.165) is 6.42 Å². The third-order valence-electron chi connectivity index (χ3n) is 3.66. The van der Waals surface area contributed by atoms with Gasteiger partial charge < -0.3 is 10.1 Å². The lowest BCUT2D eigenvalue weighted by molar-refractivity contribution is -0.122. The molecule has 0 saturated carbocycles. The van der Waals surface area contributed by atoms with Crippen LogP contribution in [-0.2, 0) is 22.5 Å². The number of carbonyl (C=O) groups excluding carboxylic acids is 1. The zero-order chi connectivity index (χ0) is 14.5. The molecule has 1 amide bonds. The van der Waals surface area contributed by atoms with Crippen LogP contribution < -0.4 is 5.32 Å². The van der Waals surface area contributed by atoms with E-state index in [1.54, 1.807) is 35.5 Å². The summed E-state index contributed by atoms with van der Waals surface area (Å²) in [6, 6.07) is 5.86. The van der Waals surface area contributed by atoms with Crippen molar-refractivity contribution in [2.75, 3.05) is 13.2 Å². The lowest BCUT2D eigenvalue weighted by atomic mass is 9.95. The number of hydrogen-bond acceptors (Lipinski definition) is 4. The highest BCUT2D eigenvalue weighted by atomic mass is 16.5. The second kappa shape index (κ2) is 6.49. The third-order valence-corrected chi connectivity index (χ3v) is 3.66. The predicted octanol–water partition coefficient (Wildman–Crippen LogP) is 0.652. The van der Waals surface area contributed by atoms with Crippen LogP contribution in [0.1, 0.15) is 5.56 Å². The SMILES string of the molecule is O=C(Cn1cccn1)N[C@H]1COC[C@H]1Cc1ccncc1. The van der Waals surface area contributed by atoms with E-state index >= 15 is 0 Å². The van der Waals surface area contributed by atoms with Gasteiger partial charge in [0, 0.05) is 30.7 Å². The lowest BCUT2D eigenvalue weighted by Gasteiger charge is -2.19. The molecule has 6 heteroatoms. The zero-order valence-corrected chi connectivity index (χ0v) is 11.7. The molecule has 2 aromatic heterocycles. The van der Waals surface area contributed by atoms with Gasteiger partial charge in [0.25, 0.3) is 0 Å². The van der Waals surface area contributed by atoms with Crippen molar-refractivity contribution in [1.82, 2.24) is 20.1 Å². The van der Waals surface area contributed by atoms with Gasteiger partial charge in [0.05, 0.1) is 19.3 Å². The monoisotopic (exact) mass is 286 g/mol. The minimum absolute atomic E-state index is 0.0334. The van der Waals surface area contributed by atoms with Crippen LogP contribution in [0.5, 0.6) is 0 Å². The Morgan fingerprint density at radius 2 is 2.19 bits per heavy atom. The second-order valence-corrected chi connectivity index (χ2v) is 5.23. The van der Waals surface area contributed by atoms with Crippen molar-refractivity contribution in [2.45, 2.75) is 19.0 Å². The first-order valence-corrected chi connectivity index (χ1v) is 7.05. The Balaban J connectivity index is 1.55. The van der Waals surface area contributed by atoms with Gasteiger partial charge in [0.2, 0.25) is 5.91 Å². The Morgan fingerprint density at radius 3 is 2.95 bits per heavy atom. The molecule has 2 atom stereocenters. The van der Waals surface area contributed by atoms with Gasteiger partial charge >= 0.3 is 0 Å². The minimum Gasteiger partial charge on any atom is -0.379 e. The van der Waals surface area contributed by atoms with Crippen LogP contribution in [-0.4, -0.2) is 39.9 Å². The Morgan fingerprint density at radius 1 is 1.33 bits per heavy atom. The average molecular weight is 286 g/mol. The van der Waals surface area contributed by atoms with Crippen molar-refractivity contribution >= 4 is 5.91 Å². The molecule has 6 nitrogen and oxygen atoms in total. The van der Waals surface area contributed by atoms with Crippen LogP contribution in [0.4, 0.5) is 0 Å². The standard InChI is InChI=1S/C15H18N4O2/c20-15(9-19-7-1-4-17-19)18-14-11-21-10-13(14)8-12-2-5-16-6-3-12/h1-7,13-14H,8-11H2,(H,18,20)/t13-,14+/m1/s1. The summed E-state index contributed by atoms with van der Waals surface area (Å²) >= 11 is 0. The molecule has 1 aliphatic heterocycles. The third kappa shape index (κ3) is 3.66. The van der Waals surface area contributed by atoms with E-state index in [1.807, 2.05) is 12.1 Å². The topological polar surface area (TPSA) is 69.0 Å². The number of rotatable bonds is 5. The Hall–Kier alpha value is -2.21. The van der Waals surface area contributed by atoms with Gasteiger partial charge in [-0.1, -0.05) is 0 Å². The quantitative estimate of drug-likeness (QED) is 0.876. The highest BCUT2D eigenvalue weighted by Crippen LogP contribution is 2.18. The molecule has 0 aliphatic carbocycles. The van der Waals surface area contributed by atoms with Crippen molar-refractivity contribution in [3.05, 3.63) is 48.5 Å². The summed E-state index contributed by atoms with van der Waals surface area (Å²) in [6.07, 6.45) is 7.90. The maximum atomic E-state index is 12.0. The lowest BCUT2D eigenvalue weighted by Crippen LogP contribution is -2.42. The molecule has 0 radical (unpaired) electrons. The van der Waals surface area contributed by atoms with E-state index in [2.05, 4.69) is 15.4 Å². The average Bonchev–Trinajstić information content (AvgIpc) is 3.13. The number of aromatic nitrogens is 3. The smallest absolute Gasteiger partial charge is 0.242 e. The largest absolute Gasteiger partial charge is 0.379 e. The summed E-state index contributed by atoms with van der Waals surface area (Å²) in [5.74, 6) is 0.267. The van der Waals surface area contributed by atoms with E-state index in [0.29, 0.717) is 19.1 Å². The first-order chi connectivity index (χ1) is 10.3. The van der Waals surface area contributed by atoms with Crippen LogP contribution in [0.25, 0.3) is 0 Å². The summed E-state index contributed by atoms with van der Waals surface area (Å²) in [5, 5.41) is 7.08. The molecule has 0 aromatic carbocycles. The minimum atomic E-state index is -0.0334. The molecular weight excluding hydrogens is 268 g/mol. The number of carbonyl (C=O) groups is 1. The first-order valence-electron chi connectivity index (χ1n) is 7.05. The van der Waals surface area contributed by atoms with Crippen LogP contribution >= 0.6 is 0 Å². The molecule has 2 aromatic rings. The van der Waals surface area contributed by atoms with E-state index in [-0.39, 0.29) is 18.5 Å². The van der Waals surface area contributed by atoms with Gasteiger partial charge in [-0.25, -0.2) is 0 Å². The maximum absolute atomic E-state index is 12.0. The second-order valence-electron chi connectivity index (χ2n) is 5.23. The number of nitrogens with one attached hydrogen (secondary N) is 1. The predicted molar refractivity (Wildman–Crippen MR) is 76.4 cm³/mol. The summed E-state index contributed by atoms with van der Waals surface area (Å²) in [6.45, 7) is 1.49. The van der Waals surface area contributed by atoms with Crippen LogP contribution in [0.3, 0.4) is 0 Å². The van der Waals surface area contributed by atoms with Gasteiger partial charge in [-0.15, -0.1) is 0 Å². The fourth-order valence-electron chi connectivity index (χ4n) is 2.57. The molecule has 1 N–H and O–H groups in total.